The molecule has 5 rings (SSSR count). The quantitative estimate of drug-likeness (QED) is 0.631. The van der Waals surface area contributed by atoms with Crippen molar-refractivity contribution >= 4 is 17.8 Å². The molecular formula is C26H25F3N2O4. The molecule has 0 radical (unpaired) electrons. The SMILES string of the molecule is O=C1C2C(c3cccc(C(F)(F)F)c3)NC(C(=O)O)(c3ccccc3)C2C(=O)N1C1CCCCC1. The van der Waals surface area contributed by atoms with Gasteiger partial charge in [0.15, 0.2) is 5.54 Å². The number of likely N-dealkylation sites (tertiary alicyclic amines) is 1. The number of carbonyl (C=O) groups is 3. The molecule has 2 heterocycles. The Morgan fingerprint density at radius 1 is 0.971 bits per heavy atom. The van der Waals surface area contributed by atoms with Crippen LogP contribution in [0.15, 0.2) is 54.6 Å². The number of carboxylic acid groups (broad SMARTS) is 1. The number of benzene rings is 2. The number of nitrogens with one attached hydrogen (secondary N) is 1. The van der Waals surface area contributed by atoms with Crippen molar-refractivity contribution in [2.24, 2.45) is 11.8 Å². The van der Waals surface area contributed by atoms with Crippen molar-refractivity contribution in [1.29, 1.82) is 0 Å². The Labute approximate surface area is 200 Å². The molecule has 2 aromatic carbocycles. The Kier molecular flexibility index (Phi) is 5.70. The predicted molar refractivity (Wildman–Crippen MR) is 119 cm³/mol. The van der Waals surface area contributed by atoms with Crippen LogP contribution >= 0.6 is 0 Å². The van der Waals surface area contributed by atoms with E-state index < -0.39 is 52.9 Å². The maximum absolute atomic E-state index is 13.8. The second kappa shape index (κ2) is 8.48. The van der Waals surface area contributed by atoms with E-state index in [2.05, 4.69) is 5.32 Å². The third kappa shape index (κ3) is 3.64. The summed E-state index contributed by atoms with van der Waals surface area (Å²) >= 11 is 0. The molecule has 0 bridgehead atoms. The van der Waals surface area contributed by atoms with Crippen LogP contribution in [0, 0.1) is 11.8 Å². The van der Waals surface area contributed by atoms with Crippen molar-refractivity contribution in [1.82, 2.24) is 10.2 Å². The Balaban J connectivity index is 1.67. The van der Waals surface area contributed by atoms with Gasteiger partial charge in [-0.2, -0.15) is 13.2 Å². The highest BCUT2D eigenvalue weighted by molar-refractivity contribution is 6.10. The summed E-state index contributed by atoms with van der Waals surface area (Å²) in [6, 6.07) is 11.2. The Morgan fingerprint density at radius 2 is 1.66 bits per heavy atom. The van der Waals surface area contributed by atoms with Crippen molar-refractivity contribution < 1.29 is 32.7 Å². The minimum absolute atomic E-state index is 0.125. The fourth-order valence-corrected chi connectivity index (χ4v) is 6.11. The number of rotatable bonds is 4. The number of hydrogen-bond donors (Lipinski definition) is 2. The van der Waals surface area contributed by atoms with Crippen LogP contribution in [-0.2, 0) is 26.1 Å². The average molecular weight is 486 g/mol. The summed E-state index contributed by atoms with van der Waals surface area (Å²) in [5.74, 6) is -4.85. The fourth-order valence-electron chi connectivity index (χ4n) is 6.11. The number of carbonyl (C=O) groups excluding carboxylic acids is 2. The minimum Gasteiger partial charge on any atom is -0.480 e. The zero-order chi connectivity index (χ0) is 25.0. The molecule has 2 N–H and O–H groups in total. The summed E-state index contributed by atoms with van der Waals surface area (Å²) in [7, 11) is 0. The summed E-state index contributed by atoms with van der Waals surface area (Å²) in [5.41, 5.74) is -2.45. The number of nitrogens with zero attached hydrogens (tertiary/aromatic N) is 1. The van der Waals surface area contributed by atoms with Crippen molar-refractivity contribution in [3.63, 3.8) is 0 Å². The first-order valence-corrected chi connectivity index (χ1v) is 11.8. The van der Waals surface area contributed by atoms with Gasteiger partial charge in [0.1, 0.15) is 0 Å². The van der Waals surface area contributed by atoms with Gasteiger partial charge in [0, 0.05) is 12.1 Å². The highest BCUT2D eigenvalue weighted by Crippen LogP contribution is 2.54. The highest BCUT2D eigenvalue weighted by atomic mass is 19.4. The number of alkyl halides is 3. The van der Waals surface area contributed by atoms with Gasteiger partial charge < -0.3 is 5.11 Å². The summed E-state index contributed by atoms with van der Waals surface area (Å²) < 4.78 is 40.4. The van der Waals surface area contributed by atoms with Crippen LogP contribution in [0.5, 0.6) is 0 Å². The lowest BCUT2D eigenvalue weighted by atomic mass is 9.75. The van der Waals surface area contributed by atoms with Crippen molar-refractivity contribution in [2.45, 2.75) is 55.9 Å². The molecule has 4 unspecified atom stereocenters. The van der Waals surface area contributed by atoms with Gasteiger partial charge in [0.05, 0.1) is 17.4 Å². The topological polar surface area (TPSA) is 86.7 Å². The van der Waals surface area contributed by atoms with E-state index in [0.29, 0.717) is 12.8 Å². The number of halogens is 3. The van der Waals surface area contributed by atoms with Crippen LogP contribution in [0.3, 0.4) is 0 Å². The molecule has 1 aliphatic carbocycles. The van der Waals surface area contributed by atoms with Crippen molar-refractivity contribution in [3.05, 3.63) is 71.3 Å². The van der Waals surface area contributed by atoms with Gasteiger partial charge in [0.2, 0.25) is 11.8 Å². The van der Waals surface area contributed by atoms with E-state index in [1.54, 1.807) is 30.3 Å². The molecular weight excluding hydrogens is 461 g/mol. The molecule has 35 heavy (non-hydrogen) atoms. The molecule has 0 aromatic heterocycles. The first-order chi connectivity index (χ1) is 16.7. The van der Waals surface area contributed by atoms with Crippen LogP contribution < -0.4 is 5.32 Å². The van der Waals surface area contributed by atoms with E-state index in [9.17, 15) is 32.7 Å². The molecule has 0 spiro atoms. The molecule has 2 aliphatic heterocycles. The van der Waals surface area contributed by atoms with Gasteiger partial charge >= 0.3 is 12.1 Å². The van der Waals surface area contributed by atoms with Gasteiger partial charge in [-0.05, 0) is 36.1 Å². The van der Waals surface area contributed by atoms with E-state index in [1.807, 2.05) is 0 Å². The Hall–Kier alpha value is -3.20. The third-order valence-corrected chi connectivity index (χ3v) is 7.67. The number of imide groups is 1. The van der Waals surface area contributed by atoms with Gasteiger partial charge in [0.25, 0.3) is 0 Å². The number of carboxylic acids is 1. The summed E-state index contributed by atoms with van der Waals surface area (Å²) in [4.78, 5) is 41.7. The first-order valence-electron chi connectivity index (χ1n) is 11.8. The van der Waals surface area contributed by atoms with Gasteiger partial charge in [-0.25, -0.2) is 4.79 Å². The molecule has 4 atom stereocenters. The van der Waals surface area contributed by atoms with Gasteiger partial charge in [-0.1, -0.05) is 61.7 Å². The molecule has 6 nitrogen and oxygen atoms in total. The second-order valence-electron chi connectivity index (χ2n) is 9.57. The molecule has 3 aliphatic rings. The Morgan fingerprint density at radius 3 is 2.29 bits per heavy atom. The molecule has 2 amide bonds. The van der Waals surface area contributed by atoms with Crippen molar-refractivity contribution in [3.8, 4) is 0 Å². The van der Waals surface area contributed by atoms with Crippen LogP contribution in [0.2, 0.25) is 0 Å². The van der Waals surface area contributed by atoms with Crippen LogP contribution in [0.4, 0.5) is 13.2 Å². The Bertz CT molecular complexity index is 1160. The third-order valence-electron chi connectivity index (χ3n) is 7.67. The van der Waals surface area contributed by atoms with Gasteiger partial charge in [-0.15, -0.1) is 0 Å². The van der Waals surface area contributed by atoms with E-state index in [-0.39, 0.29) is 17.2 Å². The van der Waals surface area contributed by atoms with Crippen LogP contribution in [-0.4, -0.2) is 33.8 Å². The smallest absolute Gasteiger partial charge is 0.416 e. The zero-order valence-corrected chi connectivity index (χ0v) is 18.8. The van der Waals surface area contributed by atoms with E-state index in [0.717, 1.165) is 31.4 Å². The average Bonchev–Trinajstić information content (AvgIpc) is 3.34. The molecule has 9 heteroatoms. The maximum atomic E-state index is 13.8. The predicted octanol–water partition coefficient (Wildman–Crippen LogP) is 4.26. The molecule has 184 valence electrons. The first kappa shape index (κ1) is 23.5. The molecule has 2 aromatic rings. The maximum Gasteiger partial charge on any atom is 0.416 e. The summed E-state index contributed by atoms with van der Waals surface area (Å²) in [6.07, 6.45) is -0.615. The van der Waals surface area contributed by atoms with E-state index >= 15 is 0 Å². The summed E-state index contributed by atoms with van der Waals surface area (Å²) in [5, 5.41) is 13.5. The monoisotopic (exact) mass is 486 g/mol. The standard InChI is InChI=1S/C26H25F3N2O4/c27-26(28,29)17-11-7-8-15(14-17)21-19-20(23(33)31(22(19)32)18-12-5-2-6-13-18)25(30-21,24(34)35)16-9-3-1-4-10-16/h1,3-4,7-11,14,18-21,30H,2,5-6,12-13H2,(H,34,35). The van der Waals surface area contributed by atoms with E-state index in [4.69, 9.17) is 0 Å². The fraction of sp³-hybridized carbons (Fsp3) is 0.423. The number of amides is 2. The van der Waals surface area contributed by atoms with Gasteiger partial charge in [-0.3, -0.25) is 19.8 Å². The van der Waals surface area contributed by atoms with Crippen LogP contribution in [0.25, 0.3) is 0 Å². The largest absolute Gasteiger partial charge is 0.480 e. The lowest BCUT2D eigenvalue weighted by molar-refractivity contribution is -0.153. The molecule has 3 fully saturated rings. The number of aliphatic carboxylic acids is 1. The van der Waals surface area contributed by atoms with Crippen LogP contribution in [0.1, 0.15) is 54.8 Å². The highest BCUT2D eigenvalue weighted by Gasteiger charge is 2.69. The number of hydrogen-bond acceptors (Lipinski definition) is 4. The normalized spacial score (nSPS) is 29.5. The van der Waals surface area contributed by atoms with Crippen molar-refractivity contribution in [2.75, 3.05) is 0 Å². The number of fused-ring (bicyclic) bond motifs is 1. The minimum atomic E-state index is -4.61. The second-order valence-corrected chi connectivity index (χ2v) is 9.57. The molecule has 2 saturated heterocycles. The lowest BCUT2D eigenvalue weighted by Crippen LogP contribution is -2.54. The van der Waals surface area contributed by atoms with E-state index in [1.165, 1.54) is 17.0 Å². The zero-order valence-electron chi connectivity index (χ0n) is 18.8. The lowest BCUT2D eigenvalue weighted by Gasteiger charge is -2.35. The molecule has 1 saturated carbocycles. The summed E-state index contributed by atoms with van der Waals surface area (Å²) in [6.45, 7) is 0.